The van der Waals surface area contributed by atoms with Crippen LogP contribution in [0.2, 0.25) is 0 Å². The number of nitrogens with zero attached hydrogens (tertiary/aromatic N) is 1. The van der Waals surface area contributed by atoms with Gasteiger partial charge >= 0.3 is 0 Å². The largest absolute Gasteiger partial charge is 0.396 e. The van der Waals surface area contributed by atoms with Crippen molar-refractivity contribution < 1.29 is 14.6 Å². The Morgan fingerprint density at radius 1 is 1.47 bits per heavy atom. The van der Waals surface area contributed by atoms with Gasteiger partial charge in [0.2, 0.25) is 0 Å². The summed E-state index contributed by atoms with van der Waals surface area (Å²) in [6.07, 6.45) is 4.08. The number of methoxy groups -OCH3 is 1. The van der Waals surface area contributed by atoms with Crippen LogP contribution in [0.25, 0.3) is 0 Å². The standard InChI is InChI=1S/C11H19NO3/c1-14-10-3-5-11(9-12,6-4-10)15-8-2-7-13/h10,13H,2-8H2,1H3. The van der Waals surface area contributed by atoms with Crippen LogP contribution in [0.5, 0.6) is 0 Å². The number of aliphatic hydroxyl groups excluding tert-OH is 1. The van der Waals surface area contributed by atoms with Crippen molar-refractivity contribution in [3.05, 3.63) is 0 Å². The van der Waals surface area contributed by atoms with E-state index in [1.54, 1.807) is 7.11 Å². The molecule has 86 valence electrons. The molecule has 0 saturated heterocycles. The van der Waals surface area contributed by atoms with Crippen LogP contribution >= 0.6 is 0 Å². The van der Waals surface area contributed by atoms with Crippen LogP contribution < -0.4 is 0 Å². The van der Waals surface area contributed by atoms with Gasteiger partial charge in [-0.3, -0.25) is 0 Å². The van der Waals surface area contributed by atoms with Gasteiger partial charge in [-0.2, -0.15) is 5.26 Å². The molecular weight excluding hydrogens is 194 g/mol. The van der Waals surface area contributed by atoms with E-state index in [9.17, 15) is 0 Å². The molecule has 0 atom stereocenters. The van der Waals surface area contributed by atoms with Gasteiger partial charge in [0.1, 0.15) is 0 Å². The van der Waals surface area contributed by atoms with Crippen molar-refractivity contribution in [2.45, 2.75) is 43.8 Å². The fourth-order valence-corrected chi connectivity index (χ4v) is 1.91. The van der Waals surface area contributed by atoms with Gasteiger partial charge in [-0.1, -0.05) is 0 Å². The SMILES string of the molecule is COC1CCC(C#N)(OCCCO)CC1. The van der Waals surface area contributed by atoms with Gasteiger partial charge in [-0.25, -0.2) is 0 Å². The summed E-state index contributed by atoms with van der Waals surface area (Å²) in [5, 5.41) is 17.8. The molecule has 0 amide bonds. The Morgan fingerprint density at radius 3 is 2.60 bits per heavy atom. The highest BCUT2D eigenvalue weighted by atomic mass is 16.5. The number of hydrogen-bond acceptors (Lipinski definition) is 4. The molecule has 0 spiro atoms. The van der Waals surface area contributed by atoms with Crippen LogP contribution in [0.1, 0.15) is 32.1 Å². The van der Waals surface area contributed by atoms with Crippen LogP contribution in [0, 0.1) is 11.3 Å². The quantitative estimate of drug-likeness (QED) is 0.698. The van der Waals surface area contributed by atoms with Crippen LogP contribution in [0.4, 0.5) is 0 Å². The molecule has 0 heterocycles. The zero-order valence-electron chi connectivity index (χ0n) is 9.24. The number of nitriles is 1. The summed E-state index contributed by atoms with van der Waals surface area (Å²) in [6, 6.07) is 2.26. The first-order valence-corrected chi connectivity index (χ1v) is 5.45. The smallest absolute Gasteiger partial charge is 0.154 e. The van der Waals surface area contributed by atoms with E-state index in [0.717, 1.165) is 25.7 Å². The van der Waals surface area contributed by atoms with E-state index in [-0.39, 0.29) is 12.7 Å². The van der Waals surface area contributed by atoms with Gasteiger partial charge in [0.25, 0.3) is 0 Å². The lowest BCUT2D eigenvalue weighted by Gasteiger charge is -2.34. The van der Waals surface area contributed by atoms with Crippen molar-refractivity contribution >= 4 is 0 Å². The molecule has 1 N–H and O–H groups in total. The molecule has 1 aliphatic rings. The molecule has 4 nitrogen and oxygen atoms in total. The Labute approximate surface area is 90.8 Å². The average molecular weight is 213 g/mol. The van der Waals surface area contributed by atoms with Crippen molar-refractivity contribution in [3.63, 3.8) is 0 Å². The highest BCUT2D eigenvalue weighted by Gasteiger charge is 2.36. The van der Waals surface area contributed by atoms with E-state index >= 15 is 0 Å². The van der Waals surface area contributed by atoms with E-state index in [1.165, 1.54) is 0 Å². The third-order valence-corrected chi connectivity index (χ3v) is 2.96. The Hall–Kier alpha value is -0.630. The van der Waals surface area contributed by atoms with E-state index in [2.05, 4.69) is 6.07 Å². The first-order valence-electron chi connectivity index (χ1n) is 5.45. The molecule has 1 aliphatic carbocycles. The van der Waals surface area contributed by atoms with Crippen molar-refractivity contribution in [2.24, 2.45) is 0 Å². The molecule has 1 saturated carbocycles. The minimum atomic E-state index is -0.635. The molecule has 0 unspecified atom stereocenters. The zero-order valence-corrected chi connectivity index (χ0v) is 9.24. The van der Waals surface area contributed by atoms with E-state index in [1.807, 2.05) is 0 Å². The summed E-state index contributed by atoms with van der Waals surface area (Å²) in [4.78, 5) is 0. The summed E-state index contributed by atoms with van der Waals surface area (Å²) in [7, 11) is 1.71. The van der Waals surface area contributed by atoms with Crippen molar-refractivity contribution in [2.75, 3.05) is 20.3 Å². The number of ether oxygens (including phenoxy) is 2. The first kappa shape index (κ1) is 12.4. The third kappa shape index (κ3) is 3.45. The molecule has 0 bridgehead atoms. The second-order valence-electron chi connectivity index (χ2n) is 3.97. The monoisotopic (exact) mass is 213 g/mol. The summed E-state index contributed by atoms with van der Waals surface area (Å²) in [5.41, 5.74) is -0.635. The maximum Gasteiger partial charge on any atom is 0.154 e. The van der Waals surface area contributed by atoms with Crippen molar-refractivity contribution in [1.82, 2.24) is 0 Å². The molecule has 4 heteroatoms. The molecule has 15 heavy (non-hydrogen) atoms. The summed E-state index contributed by atoms with van der Waals surface area (Å²) < 4.78 is 10.8. The minimum Gasteiger partial charge on any atom is -0.396 e. The molecule has 1 rings (SSSR count). The van der Waals surface area contributed by atoms with E-state index < -0.39 is 5.60 Å². The predicted octanol–water partition coefficient (Wildman–Crippen LogP) is 1.24. The van der Waals surface area contributed by atoms with Gasteiger partial charge in [0.15, 0.2) is 5.60 Å². The molecule has 0 aromatic heterocycles. The second-order valence-corrected chi connectivity index (χ2v) is 3.97. The molecule has 1 fully saturated rings. The van der Waals surface area contributed by atoms with Gasteiger partial charge in [0.05, 0.1) is 18.8 Å². The van der Waals surface area contributed by atoms with Crippen LogP contribution in [-0.4, -0.2) is 37.1 Å². The Kier molecular flexibility index (Phi) is 5.03. The summed E-state index contributed by atoms with van der Waals surface area (Å²) in [6.45, 7) is 0.573. The maximum atomic E-state index is 9.12. The molecule has 0 aromatic carbocycles. The van der Waals surface area contributed by atoms with Gasteiger partial charge in [0, 0.05) is 13.7 Å². The predicted molar refractivity (Wildman–Crippen MR) is 55.3 cm³/mol. The lowest BCUT2D eigenvalue weighted by molar-refractivity contribution is -0.0616. The average Bonchev–Trinajstić information content (AvgIpc) is 2.30. The van der Waals surface area contributed by atoms with Gasteiger partial charge in [-0.15, -0.1) is 0 Å². The first-order chi connectivity index (χ1) is 7.26. The highest BCUT2D eigenvalue weighted by molar-refractivity contribution is 5.04. The van der Waals surface area contributed by atoms with Crippen LogP contribution in [-0.2, 0) is 9.47 Å². The minimum absolute atomic E-state index is 0.113. The fraction of sp³-hybridized carbons (Fsp3) is 0.909. The Morgan fingerprint density at radius 2 is 2.13 bits per heavy atom. The van der Waals surface area contributed by atoms with E-state index in [4.69, 9.17) is 19.8 Å². The molecular formula is C11H19NO3. The van der Waals surface area contributed by atoms with Crippen molar-refractivity contribution in [3.8, 4) is 6.07 Å². The van der Waals surface area contributed by atoms with Crippen molar-refractivity contribution in [1.29, 1.82) is 5.26 Å². The third-order valence-electron chi connectivity index (χ3n) is 2.96. The van der Waals surface area contributed by atoms with E-state index in [0.29, 0.717) is 13.0 Å². The number of rotatable bonds is 5. The second kappa shape index (κ2) is 6.06. The summed E-state index contributed by atoms with van der Waals surface area (Å²) >= 11 is 0. The lowest BCUT2D eigenvalue weighted by atomic mass is 9.84. The van der Waals surface area contributed by atoms with Crippen LogP contribution in [0.3, 0.4) is 0 Å². The number of hydrogen-bond donors (Lipinski definition) is 1. The normalized spacial score (nSPS) is 31.1. The topological polar surface area (TPSA) is 62.5 Å². The molecule has 0 aliphatic heterocycles. The Bertz CT molecular complexity index is 211. The molecule has 0 radical (unpaired) electrons. The highest BCUT2D eigenvalue weighted by Crippen LogP contribution is 2.32. The summed E-state index contributed by atoms with van der Waals surface area (Å²) in [5.74, 6) is 0. The van der Waals surface area contributed by atoms with Gasteiger partial charge < -0.3 is 14.6 Å². The number of aliphatic hydroxyl groups is 1. The van der Waals surface area contributed by atoms with Gasteiger partial charge in [-0.05, 0) is 32.1 Å². The molecule has 0 aromatic rings. The fourth-order valence-electron chi connectivity index (χ4n) is 1.91. The maximum absolute atomic E-state index is 9.12. The zero-order chi connectivity index (χ0) is 11.1. The lowest BCUT2D eigenvalue weighted by Crippen LogP contribution is -2.38. The van der Waals surface area contributed by atoms with Crippen LogP contribution in [0.15, 0.2) is 0 Å². The Balaban J connectivity index is 2.39.